The van der Waals surface area contributed by atoms with Gasteiger partial charge in [-0.15, -0.1) is 0 Å². The van der Waals surface area contributed by atoms with E-state index < -0.39 is 21.8 Å². The Morgan fingerprint density at radius 2 is 1.85 bits per heavy atom. The third-order valence-corrected chi connectivity index (χ3v) is 4.76. The Bertz CT molecular complexity index is 625. The molecular weight excluding hydrogens is 282 g/mol. The van der Waals surface area contributed by atoms with Crippen molar-refractivity contribution in [2.75, 3.05) is 16.8 Å². The number of urea groups is 1. The minimum Gasteiger partial charge on any atom is -0.366 e. The third kappa shape index (κ3) is 3.70. The normalized spacial score (nSPS) is 20.3. The van der Waals surface area contributed by atoms with Crippen molar-refractivity contribution in [3.63, 3.8) is 0 Å². The quantitative estimate of drug-likeness (QED) is 0.732. The summed E-state index contributed by atoms with van der Waals surface area (Å²) >= 11 is 0. The van der Waals surface area contributed by atoms with Gasteiger partial charge in [0.2, 0.25) is 5.91 Å². The molecule has 1 unspecified atom stereocenters. The monoisotopic (exact) mass is 297 g/mol. The van der Waals surface area contributed by atoms with Crippen LogP contribution in [-0.4, -0.2) is 37.9 Å². The van der Waals surface area contributed by atoms with E-state index in [1.165, 1.54) is 12.1 Å². The van der Waals surface area contributed by atoms with Gasteiger partial charge in [0, 0.05) is 17.3 Å². The van der Waals surface area contributed by atoms with Crippen molar-refractivity contribution >= 4 is 27.5 Å². The topological polar surface area (TPSA) is 118 Å². The van der Waals surface area contributed by atoms with Crippen LogP contribution in [0.2, 0.25) is 0 Å². The molecule has 1 heterocycles. The Balaban J connectivity index is 1.90. The molecule has 0 spiro atoms. The second-order valence-corrected chi connectivity index (χ2v) is 6.87. The van der Waals surface area contributed by atoms with Crippen molar-refractivity contribution < 1.29 is 18.0 Å². The smallest absolute Gasteiger partial charge is 0.319 e. The standard InChI is InChI=1S/C12H15N3O4S/c13-11(16)8-1-3-9(4-2-8)14-12(17)15-10-5-6-20(18,19)7-10/h1-4,10H,5-7H2,(H2,13,16)(H2,14,15,17). The average Bonchev–Trinajstić information content (AvgIpc) is 2.69. The Morgan fingerprint density at radius 1 is 1.20 bits per heavy atom. The lowest BCUT2D eigenvalue weighted by molar-refractivity contribution is 0.100. The number of nitrogens with one attached hydrogen (secondary N) is 2. The zero-order chi connectivity index (χ0) is 14.8. The summed E-state index contributed by atoms with van der Waals surface area (Å²) in [6.45, 7) is 0. The van der Waals surface area contributed by atoms with Gasteiger partial charge in [0.05, 0.1) is 11.5 Å². The van der Waals surface area contributed by atoms with Gasteiger partial charge >= 0.3 is 6.03 Å². The predicted molar refractivity (Wildman–Crippen MR) is 74.2 cm³/mol. The Labute approximate surface area is 116 Å². The summed E-state index contributed by atoms with van der Waals surface area (Å²) in [6.07, 6.45) is 0.427. The molecule has 1 aliphatic heterocycles. The van der Waals surface area contributed by atoms with Gasteiger partial charge in [-0.3, -0.25) is 4.79 Å². The van der Waals surface area contributed by atoms with Gasteiger partial charge in [-0.25, -0.2) is 13.2 Å². The molecular formula is C12H15N3O4S. The van der Waals surface area contributed by atoms with Crippen LogP contribution in [0.5, 0.6) is 0 Å². The van der Waals surface area contributed by atoms with Crippen LogP contribution in [0.1, 0.15) is 16.8 Å². The Kier molecular flexibility index (Phi) is 3.93. The molecule has 1 saturated heterocycles. The van der Waals surface area contributed by atoms with Gasteiger partial charge in [-0.1, -0.05) is 0 Å². The number of amides is 3. The number of carbonyl (C=O) groups excluding carboxylic acids is 2. The second-order valence-electron chi connectivity index (χ2n) is 4.64. The molecule has 1 aliphatic rings. The largest absolute Gasteiger partial charge is 0.366 e. The maximum absolute atomic E-state index is 11.7. The summed E-state index contributed by atoms with van der Waals surface area (Å²) in [5, 5.41) is 5.16. The molecule has 0 bridgehead atoms. The lowest BCUT2D eigenvalue weighted by Crippen LogP contribution is -2.38. The van der Waals surface area contributed by atoms with Gasteiger partial charge in [-0.2, -0.15) is 0 Å². The van der Waals surface area contributed by atoms with Gasteiger partial charge < -0.3 is 16.4 Å². The van der Waals surface area contributed by atoms with E-state index in [1.54, 1.807) is 12.1 Å². The summed E-state index contributed by atoms with van der Waals surface area (Å²) in [7, 11) is -3.02. The van der Waals surface area contributed by atoms with E-state index in [0.717, 1.165) is 0 Å². The van der Waals surface area contributed by atoms with Crippen molar-refractivity contribution in [3.8, 4) is 0 Å². The maximum Gasteiger partial charge on any atom is 0.319 e. The molecule has 2 rings (SSSR count). The van der Waals surface area contributed by atoms with Gasteiger partial charge in [-0.05, 0) is 30.7 Å². The first-order valence-electron chi connectivity index (χ1n) is 6.03. The number of nitrogens with two attached hydrogens (primary N) is 1. The second kappa shape index (κ2) is 5.49. The van der Waals surface area contributed by atoms with Crippen molar-refractivity contribution in [3.05, 3.63) is 29.8 Å². The highest BCUT2D eigenvalue weighted by molar-refractivity contribution is 7.91. The van der Waals surface area contributed by atoms with Crippen LogP contribution in [0.3, 0.4) is 0 Å². The fourth-order valence-electron chi connectivity index (χ4n) is 1.98. The van der Waals surface area contributed by atoms with Crippen LogP contribution in [0.15, 0.2) is 24.3 Å². The molecule has 0 aliphatic carbocycles. The number of hydrogen-bond donors (Lipinski definition) is 3. The molecule has 20 heavy (non-hydrogen) atoms. The van der Waals surface area contributed by atoms with Crippen molar-refractivity contribution in [2.45, 2.75) is 12.5 Å². The van der Waals surface area contributed by atoms with Gasteiger partial charge in [0.25, 0.3) is 0 Å². The first kappa shape index (κ1) is 14.3. The number of primary amides is 1. The first-order valence-corrected chi connectivity index (χ1v) is 7.86. The molecule has 0 aromatic heterocycles. The fraction of sp³-hybridized carbons (Fsp3) is 0.333. The fourth-order valence-corrected chi connectivity index (χ4v) is 3.65. The molecule has 7 nitrogen and oxygen atoms in total. The number of benzene rings is 1. The average molecular weight is 297 g/mol. The van der Waals surface area contributed by atoms with Crippen molar-refractivity contribution in [1.29, 1.82) is 0 Å². The molecule has 1 fully saturated rings. The summed E-state index contributed by atoms with van der Waals surface area (Å²) in [5.41, 5.74) is 5.94. The van der Waals surface area contributed by atoms with Crippen LogP contribution < -0.4 is 16.4 Å². The molecule has 4 N–H and O–H groups in total. The highest BCUT2D eigenvalue weighted by Gasteiger charge is 2.28. The number of carbonyl (C=O) groups is 2. The molecule has 108 valence electrons. The number of hydrogen-bond acceptors (Lipinski definition) is 4. The van der Waals surface area contributed by atoms with E-state index in [0.29, 0.717) is 17.7 Å². The van der Waals surface area contributed by atoms with E-state index >= 15 is 0 Å². The third-order valence-electron chi connectivity index (χ3n) is 2.99. The summed E-state index contributed by atoms with van der Waals surface area (Å²) in [5.74, 6) is -0.469. The molecule has 3 amide bonds. The SMILES string of the molecule is NC(=O)c1ccc(NC(=O)NC2CCS(=O)(=O)C2)cc1. The lowest BCUT2D eigenvalue weighted by Gasteiger charge is -2.12. The molecule has 0 radical (unpaired) electrons. The van der Waals surface area contributed by atoms with Crippen LogP contribution in [0, 0.1) is 0 Å². The predicted octanol–water partition coefficient (Wildman–Crippen LogP) is 0.0941. The van der Waals surface area contributed by atoms with E-state index in [-0.39, 0.29) is 17.5 Å². The molecule has 8 heteroatoms. The van der Waals surface area contributed by atoms with Crippen LogP contribution in [0.25, 0.3) is 0 Å². The first-order chi connectivity index (χ1) is 9.35. The van der Waals surface area contributed by atoms with E-state index in [4.69, 9.17) is 5.73 Å². The van der Waals surface area contributed by atoms with E-state index in [9.17, 15) is 18.0 Å². The van der Waals surface area contributed by atoms with E-state index in [1.807, 2.05) is 0 Å². The van der Waals surface area contributed by atoms with E-state index in [2.05, 4.69) is 10.6 Å². The molecule has 1 atom stereocenters. The van der Waals surface area contributed by atoms with Crippen LogP contribution in [0.4, 0.5) is 10.5 Å². The van der Waals surface area contributed by atoms with Crippen molar-refractivity contribution in [1.82, 2.24) is 5.32 Å². The molecule has 1 aromatic rings. The minimum atomic E-state index is -3.02. The van der Waals surface area contributed by atoms with Gasteiger partial charge in [0.1, 0.15) is 0 Å². The summed E-state index contributed by atoms with van der Waals surface area (Å²) in [6, 6.07) is 5.26. The zero-order valence-corrected chi connectivity index (χ0v) is 11.4. The lowest BCUT2D eigenvalue weighted by atomic mass is 10.2. The number of anilines is 1. The maximum atomic E-state index is 11.7. The highest BCUT2D eigenvalue weighted by Crippen LogP contribution is 2.12. The summed E-state index contributed by atoms with van der Waals surface area (Å²) < 4.78 is 22.5. The van der Waals surface area contributed by atoms with Crippen LogP contribution in [-0.2, 0) is 9.84 Å². The van der Waals surface area contributed by atoms with Gasteiger partial charge in [0.15, 0.2) is 9.84 Å². The zero-order valence-electron chi connectivity index (χ0n) is 10.6. The highest BCUT2D eigenvalue weighted by atomic mass is 32.2. The molecule has 0 saturated carbocycles. The Hall–Kier alpha value is -2.09. The summed E-state index contributed by atoms with van der Waals surface area (Å²) in [4.78, 5) is 22.6. The van der Waals surface area contributed by atoms with Crippen molar-refractivity contribution in [2.24, 2.45) is 5.73 Å². The number of sulfone groups is 1. The van der Waals surface area contributed by atoms with Crippen LogP contribution >= 0.6 is 0 Å². The number of rotatable bonds is 3. The Morgan fingerprint density at radius 3 is 2.35 bits per heavy atom. The molecule has 1 aromatic carbocycles. The minimum absolute atomic E-state index is 0.0268.